The highest BCUT2D eigenvalue weighted by atomic mass is 16.6. The molecule has 0 fully saturated rings. The maximum atomic E-state index is 11.0. The first kappa shape index (κ1) is 16.9. The van der Waals surface area contributed by atoms with Gasteiger partial charge in [0.2, 0.25) is 0 Å². The van der Waals surface area contributed by atoms with Gasteiger partial charge < -0.3 is 5.32 Å². The van der Waals surface area contributed by atoms with E-state index < -0.39 is 9.85 Å². The first-order valence-electron chi connectivity index (χ1n) is 7.00. The van der Waals surface area contributed by atoms with Crippen molar-refractivity contribution >= 4 is 17.1 Å². The Hall–Kier alpha value is -2.18. The lowest BCUT2D eigenvalue weighted by atomic mass is 10.0. The van der Waals surface area contributed by atoms with Gasteiger partial charge in [-0.05, 0) is 25.3 Å². The maximum absolute atomic E-state index is 11.0. The number of hydrogen-bond acceptors (Lipinski definition) is 5. The third-order valence-corrected chi connectivity index (χ3v) is 3.21. The molecule has 7 heteroatoms. The summed E-state index contributed by atoms with van der Waals surface area (Å²) in [7, 11) is 0. The summed E-state index contributed by atoms with van der Waals surface area (Å²) in [5.74, 6) is 0.630. The van der Waals surface area contributed by atoms with E-state index in [9.17, 15) is 20.2 Å². The zero-order valence-electron chi connectivity index (χ0n) is 12.5. The summed E-state index contributed by atoms with van der Waals surface area (Å²) < 4.78 is 0. The third-order valence-electron chi connectivity index (χ3n) is 3.21. The average Bonchev–Trinajstić information content (AvgIpc) is 2.38. The Bertz CT molecular complexity index is 517. The zero-order valence-corrected chi connectivity index (χ0v) is 12.5. The standard InChI is InChI=1S/C14H21N3O4/c1-10(2)5-4-6-11(3)15-13-8-7-12(16(18)19)9-14(13)17(20)21/h7-11,15H,4-6H2,1-3H3. The average molecular weight is 295 g/mol. The minimum absolute atomic E-state index is 0.0731. The van der Waals surface area contributed by atoms with Crippen LogP contribution >= 0.6 is 0 Å². The van der Waals surface area contributed by atoms with Crippen LogP contribution in [0.1, 0.15) is 40.0 Å². The number of nitrogens with one attached hydrogen (secondary N) is 1. The third kappa shape index (κ3) is 5.37. The van der Waals surface area contributed by atoms with E-state index in [1.165, 1.54) is 12.1 Å². The van der Waals surface area contributed by atoms with Gasteiger partial charge in [-0.15, -0.1) is 0 Å². The minimum Gasteiger partial charge on any atom is -0.377 e. The smallest absolute Gasteiger partial charge is 0.299 e. The van der Waals surface area contributed by atoms with Crippen LogP contribution in [0.4, 0.5) is 17.1 Å². The molecule has 1 aromatic carbocycles. The summed E-state index contributed by atoms with van der Waals surface area (Å²) in [5, 5.41) is 24.8. The van der Waals surface area contributed by atoms with Gasteiger partial charge in [0.15, 0.2) is 0 Å². The molecule has 0 aromatic heterocycles. The van der Waals surface area contributed by atoms with Gasteiger partial charge in [-0.25, -0.2) is 0 Å². The largest absolute Gasteiger partial charge is 0.377 e. The van der Waals surface area contributed by atoms with Crippen molar-refractivity contribution in [1.82, 2.24) is 0 Å². The topological polar surface area (TPSA) is 98.3 Å². The van der Waals surface area contributed by atoms with Crippen molar-refractivity contribution < 1.29 is 9.85 Å². The fourth-order valence-corrected chi connectivity index (χ4v) is 2.08. The summed E-state index contributed by atoms with van der Waals surface area (Å²) in [6.45, 7) is 6.25. The molecule has 0 radical (unpaired) electrons. The predicted molar refractivity (Wildman–Crippen MR) is 81.5 cm³/mol. The van der Waals surface area contributed by atoms with E-state index in [1.807, 2.05) is 6.92 Å². The summed E-state index contributed by atoms with van der Waals surface area (Å²) in [6, 6.07) is 3.73. The molecular weight excluding hydrogens is 274 g/mol. The Labute approximate surface area is 123 Å². The second-order valence-corrected chi connectivity index (χ2v) is 5.59. The van der Waals surface area contributed by atoms with Crippen molar-refractivity contribution in [2.45, 2.75) is 46.1 Å². The monoisotopic (exact) mass is 295 g/mol. The summed E-state index contributed by atoms with van der Waals surface area (Å²) in [5.41, 5.74) is -0.220. The maximum Gasteiger partial charge on any atom is 0.299 e. The molecule has 7 nitrogen and oxygen atoms in total. The molecule has 1 unspecified atom stereocenters. The summed E-state index contributed by atoms with van der Waals surface area (Å²) in [6.07, 6.45) is 3.04. The molecule has 0 spiro atoms. The van der Waals surface area contributed by atoms with Crippen LogP contribution in [-0.2, 0) is 0 Å². The molecule has 0 heterocycles. The normalized spacial score (nSPS) is 12.2. The van der Waals surface area contributed by atoms with Crippen LogP contribution in [0.15, 0.2) is 18.2 Å². The quantitative estimate of drug-likeness (QED) is 0.574. The molecule has 21 heavy (non-hydrogen) atoms. The Morgan fingerprint density at radius 2 is 1.76 bits per heavy atom. The lowest BCUT2D eigenvalue weighted by molar-refractivity contribution is -0.393. The van der Waals surface area contributed by atoms with Gasteiger partial charge in [-0.1, -0.05) is 26.7 Å². The van der Waals surface area contributed by atoms with Crippen molar-refractivity contribution in [3.05, 3.63) is 38.4 Å². The number of anilines is 1. The Balaban J connectivity index is 2.78. The van der Waals surface area contributed by atoms with E-state index in [-0.39, 0.29) is 17.4 Å². The van der Waals surface area contributed by atoms with E-state index in [1.54, 1.807) is 0 Å². The second-order valence-electron chi connectivity index (χ2n) is 5.59. The fraction of sp³-hybridized carbons (Fsp3) is 0.571. The van der Waals surface area contributed by atoms with Gasteiger partial charge in [-0.2, -0.15) is 0 Å². The summed E-state index contributed by atoms with van der Waals surface area (Å²) in [4.78, 5) is 20.5. The van der Waals surface area contributed by atoms with Gasteiger partial charge in [0, 0.05) is 12.1 Å². The zero-order chi connectivity index (χ0) is 16.0. The minimum atomic E-state index is -0.636. The molecule has 1 rings (SSSR count). The van der Waals surface area contributed by atoms with Gasteiger partial charge >= 0.3 is 0 Å². The second kappa shape index (κ2) is 7.56. The highest BCUT2D eigenvalue weighted by molar-refractivity contribution is 5.65. The van der Waals surface area contributed by atoms with E-state index in [0.29, 0.717) is 11.6 Å². The molecule has 1 aromatic rings. The number of rotatable bonds is 8. The van der Waals surface area contributed by atoms with Crippen LogP contribution in [0.5, 0.6) is 0 Å². The first-order valence-corrected chi connectivity index (χ1v) is 7.00. The predicted octanol–water partition coefficient (Wildman–Crippen LogP) is 4.13. The molecule has 0 aliphatic carbocycles. The van der Waals surface area contributed by atoms with Crippen LogP contribution < -0.4 is 5.32 Å². The molecule has 0 bridgehead atoms. The van der Waals surface area contributed by atoms with Crippen molar-refractivity contribution in [3.8, 4) is 0 Å². The number of non-ortho nitro benzene ring substituents is 1. The van der Waals surface area contributed by atoms with Crippen LogP contribution in [0.2, 0.25) is 0 Å². The number of nitro groups is 2. The van der Waals surface area contributed by atoms with Crippen LogP contribution in [0.25, 0.3) is 0 Å². The summed E-state index contributed by atoms with van der Waals surface area (Å²) >= 11 is 0. The van der Waals surface area contributed by atoms with E-state index in [2.05, 4.69) is 19.2 Å². The Kier molecular flexibility index (Phi) is 6.08. The number of benzene rings is 1. The van der Waals surface area contributed by atoms with E-state index >= 15 is 0 Å². The molecule has 0 saturated heterocycles. The van der Waals surface area contributed by atoms with Gasteiger partial charge in [0.25, 0.3) is 11.4 Å². The van der Waals surface area contributed by atoms with Crippen LogP contribution in [0.3, 0.4) is 0 Å². The van der Waals surface area contributed by atoms with Crippen LogP contribution in [0, 0.1) is 26.1 Å². The van der Waals surface area contributed by atoms with Crippen molar-refractivity contribution in [2.24, 2.45) is 5.92 Å². The van der Waals surface area contributed by atoms with Crippen molar-refractivity contribution in [2.75, 3.05) is 5.32 Å². The SMILES string of the molecule is CC(C)CCCC(C)Nc1ccc([N+](=O)[O-])cc1[N+](=O)[O-]. The highest BCUT2D eigenvalue weighted by Crippen LogP contribution is 2.29. The van der Waals surface area contributed by atoms with Crippen molar-refractivity contribution in [3.63, 3.8) is 0 Å². The first-order chi connectivity index (χ1) is 9.81. The molecule has 0 saturated carbocycles. The number of hydrogen-bond donors (Lipinski definition) is 1. The van der Waals surface area contributed by atoms with Crippen molar-refractivity contribution in [1.29, 1.82) is 0 Å². The molecule has 0 amide bonds. The van der Waals surface area contributed by atoms with Crippen LogP contribution in [-0.4, -0.2) is 15.9 Å². The molecule has 1 N–H and O–H groups in total. The lowest BCUT2D eigenvalue weighted by Crippen LogP contribution is -2.16. The van der Waals surface area contributed by atoms with Gasteiger partial charge in [0.1, 0.15) is 5.69 Å². The molecule has 116 valence electrons. The molecular formula is C14H21N3O4. The van der Waals surface area contributed by atoms with E-state index in [4.69, 9.17) is 0 Å². The number of nitro benzene ring substituents is 2. The molecule has 0 aliphatic heterocycles. The molecule has 0 aliphatic rings. The number of nitrogens with zero attached hydrogens (tertiary/aromatic N) is 2. The fourth-order valence-electron chi connectivity index (χ4n) is 2.08. The van der Waals surface area contributed by atoms with Gasteiger partial charge in [-0.3, -0.25) is 20.2 Å². The Morgan fingerprint density at radius 3 is 2.29 bits per heavy atom. The molecule has 1 atom stereocenters. The lowest BCUT2D eigenvalue weighted by Gasteiger charge is -2.15. The van der Waals surface area contributed by atoms with Gasteiger partial charge in [0.05, 0.1) is 15.9 Å². The van der Waals surface area contributed by atoms with E-state index in [0.717, 1.165) is 25.3 Å². The Morgan fingerprint density at radius 1 is 1.10 bits per heavy atom. The highest BCUT2D eigenvalue weighted by Gasteiger charge is 2.20.